The molecule has 10 radical (unpaired) electrons. The third-order valence-corrected chi connectivity index (χ3v) is 11.4. The summed E-state index contributed by atoms with van der Waals surface area (Å²) in [6, 6.07) is 37.8. The zero-order valence-electron chi connectivity index (χ0n) is 25.9. The highest BCUT2D eigenvalue weighted by molar-refractivity contribution is 7.26. The lowest BCUT2D eigenvalue weighted by atomic mass is 9.60. The van der Waals surface area contributed by atoms with Gasteiger partial charge in [0.15, 0.2) is 17.5 Å². The van der Waals surface area contributed by atoms with E-state index in [0.717, 1.165) is 32.2 Å². The van der Waals surface area contributed by atoms with E-state index in [4.69, 9.17) is 54.2 Å². The summed E-state index contributed by atoms with van der Waals surface area (Å²) in [5.74, 6) is 1.19. The van der Waals surface area contributed by atoms with Gasteiger partial charge in [-0.3, -0.25) is 0 Å². The molecular weight excluding hydrogens is 629 g/mol. The van der Waals surface area contributed by atoms with Gasteiger partial charge in [-0.15, -0.1) is 39.1 Å². The van der Waals surface area contributed by atoms with Gasteiger partial charge in [-0.2, -0.15) is 0 Å². The van der Waals surface area contributed by atoms with Crippen LogP contribution in [0.25, 0.3) is 85.6 Å². The first-order valence-corrected chi connectivity index (χ1v) is 17.2. The highest BCUT2D eigenvalue weighted by atomic mass is 32.1. The highest BCUT2D eigenvalue weighted by Crippen LogP contribution is 2.44. The second-order valence-corrected chi connectivity index (χ2v) is 14.0. The van der Waals surface area contributed by atoms with E-state index in [-0.39, 0.29) is 33.1 Å². The van der Waals surface area contributed by atoms with Gasteiger partial charge in [0.05, 0.1) is 0 Å². The number of fused-ring (bicyclic) bond motifs is 6. The standard InChI is InChI=1S/C39H18B5N3S2/c40-31-30(32(41)34(43)35(44)33(31)42)39-46-37(19-8-2-1-3-9-19)45-38(47-39)24-13-7-15-28-29(24)25-18-20(16-17-27(25)48-28)21-11-6-12-23-22-10-4-5-14-26(22)49-36(21)23/h1-18H. The molecule has 49 heavy (non-hydrogen) atoms. The van der Waals surface area contributed by atoms with Crippen molar-refractivity contribution in [2.24, 2.45) is 0 Å². The average molecular weight is 647 g/mol. The normalized spacial score (nSPS) is 11.7. The summed E-state index contributed by atoms with van der Waals surface area (Å²) < 4.78 is 4.84. The maximum absolute atomic E-state index is 6.51. The first kappa shape index (κ1) is 30.2. The molecule has 0 spiro atoms. The van der Waals surface area contributed by atoms with Gasteiger partial charge in [0.1, 0.15) is 39.2 Å². The first-order chi connectivity index (χ1) is 23.9. The second kappa shape index (κ2) is 11.6. The molecule has 0 N–H and O–H groups in total. The molecule has 9 rings (SSSR count). The van der Waals surface area contributed by atoms with Crippen molar-refractivity contribution in [1.82, 2.24) is 15.0 Å². The van der Waals surface area contributed by atoms with Crippen molar-refractivity contribution in [3.8, 4) is 45.3 Å². The van der Waals surface area contributed by atoms with E-state index in [2.05, 4.69) is 66.7 Å². The predicted octanol–water partition coefficient (Wildman–Crippen LogP) is 5.24. The zero-order valence-corrected chi connectivity index (χ0v) is 27.6. The molecule has 3 nitrogen and oxygen atoms in total. The van der Waals surface area contributed by atoms with Crippen LogP contribution in [0.4, 0.5) is 0 Å². The summed E-state index contributed by atoms with van der Waals surface area (Å²) in [6.45, 7) is 0. The highest BCUT2D eigenvalue weighted by Gasteiger charge is 2.21. The molecule has 0 atom stereocenters. The molecular formula is C39H18B5N3S2. The Kier molecular flexibility index (Phi) is 7.15. The van der Waals surface area contributed by atoms with Crippen LogP contribution in [0.1, 0.15) is 0 Å². The lowest BCUT2D eigenvalue weighted by Gasteiger charge is -2.20. The topological polar surface area (TPSA) is 38.7 Å². The van der Waals surface area contributed by atoms with E-state index in [1.165, 1.54) is 30.4 Å². The van der Waals surface area contributed by atoms with Crippen LogP contribution in [-0.2, 0) is 0 Å². The molecule has 9 aromatic rings. The molecule has 0 aliphatic carbocycles. The Bertz CT molecular complexity index is 2760. The molecule has 0 saturated heterocycles. The lowest BCUT2D eigenvalue weighted by Crippen LogP contribution is -2.55. The molecule has 216 valence electrons. The molecule has 0 aliphatic heterocycles. The molecule has 6 aromatic carbocycles. The minimum absolute atomic E-state index is 0.132. The summed E-state index contributed by atoms with van der Waals surface area (Å²) in [4.78, 5) is 14.8. The lowest BCUT2D eigenvalue weighted by molar-refractivity contribution is 1.08. The second-order valence-electron chi connectivity index (χ2n) is 11.9. The number of hydrogen-bond donors (Lipinski definition) is 0. The Morgan fingerprint density at radius 2 is 1.02 bits per heavy atom. The largest absolute Gasteiger partial charge is 0.208 e. The fourth-order valence-electron chi connectivity index (χ4n) is 6.57. The average Bonchev–Trinajstić information content (AvgIpc) is 3.72. The van der Waals surface area contributed by atoms with Crippen LogP contribution in [0.15, 0.2) is 109 Å². The summed E-state index contributed by atoms with van der Waals surface area (Å²) in [7, 11) is 31.7. The fraction of sp³-hybridized carbons (Fsp3) is 0. The van der Waals surface area contributed by atoms with Gasteiger partial charge in [0, 0.05) is 57.0 Å². The number of hydrogen-bond acceptors (Lipinski definition) is 5. The number of rotatable bonds is 4. The van der Waals surface area contributed by atoms with Crippen LogP contribution < -0.4 is 27.3 Å². The minimum Gasteiger partial charge on any atom is -0.208 e. The van der Waals surface area contributed by atoms with Crippen LogP contribution in [-0.4, -0.2) is 54.2 Å². The smallest absolute Gasteiger partial charge is 0.164 e. The number of aromatic nitrogens is 3. The van der Waals surface area contributed by atoms with Crippen molar-refractivity contribution in [3.05, 3.63) is 109 Å². The Morgan fingerprint density at radius 3 is 1.84 bits per heavy atom. The Balaban J connectivity index is 1.30. The molecule has 0 unspecified atom stereocenters. The van der Waals surface area contributed by atoms with Gasteiger partial charge in [0.25, 0.3) is 0 Å². The van der Waals surface area contributed by atoms with Gasteiger partial charge < -0.3 is 0 Å². The Morgan fingerprint density at radius 1 is 0.408 bits per heavy atom. The van der Waals surface area contributed by atoms with Crippen LogP contribution in [0, 0.1) is 0 Å². The van der Waals surface area contributed by atoms with Gasteiger partial charge in [-0.1, -0.05) is 95.9 Å². The predicted molar refractivity (Wildman–Crippen MR) is 214 cm³/mol. The molecule has 0 aliphatic rings. The third-order valence-electron chi connectivity index (χ3n) is 9.04. The van der Waals surface area contributed by atoms with E-state index >= 15 is 0 Å². The first-order valence-electron chi connectivity index (χ1n) is 15.6. The van der Waals surface area contributed by atoms with E-state index in [9.17, 15) is 0 Å². The van der Waals surface area contributed by atoms with E-state index in [0.29, 0.717) is 17.2 Å². The quantitative estimate of drug-likeness (QED) is 0.246. The van der Waals surface area contributed by atoms with Crippen molar-refractivity contribution in [2.75, 3.05) is 0 Å². The summed E-state index contributed by atoms with van der Waals surface area (Å²) in [6.07, 6.45) is 0. The SMILES string of the molecule is [B]c1c([B])c([B])c(-c2nc(-c3ccccc3)nc(-c3cccc4sc5ccc(-c6cccc7c6sc6ccccc67)cc5c34)n2)c([B])c1[B]. The van der Waals surface area contributed by atoms with E-state index in [1.54, 1.807) is 11.3 Å². The molecule has 0 amide bonds. The molecule has 3 aromatic heterocycles. The van der Waals surface area contributed by atoms with E-state index in [1.807, 2.05) is 53.8 Å². The molecule has 10 heteroatoms. The molecule has 0 bridgehead atoms. The van der Waals surface area contributed by atoms with Crippen molar-refractivity contribution < 1.29 is 0 Å². The van der Waals surface area contributed by atoms with Gasteiger partial charge >= 0.3 is 0 Å². The van der Waals surface area contributed by atoms with Gasteiger partial charge in [0.2, 0.25) is 0 Å². The molecule has 3 heterocycles. The van der Waals surface area contributed by atoms with Crippen molar-refractivity contribution in [1.29, 1.82) is 0 Å². The summed E-state index contributed by atoms with van der Waals surface area (Å²) >= 11 is 3.57. The summed E-state index contributed by atoms with van der Waals surface area (Å²) in [5.41, 5.74) is 5.08. The van der Waals surface area contributed by atoms with Crippen LogP contribution in [0.5, 0.6) is 0 Å². The molecule has 0 fully saturated rings. The summed E-state index contributed by atoms with van der Waals surface area (Å²) in [5, 5.41) is 4.72. The van der Waals surface area contributed by atoms with Crippen LogP contribution >= 0.6 is 22.7 Å². The Labute approximate surface area is 297 Å². The van der Waals surface area contributed by atoms with E-state index < -0.39 is 0 Å². The third kappa shape index (κ3) is 4.80. The van der Waals surface area contributed by atoms with Gasteiger partial charge in [-0.05, 0) is 35.4 Å². The van der Waals surface area contributed by atoms with Crippen LogP contribution in [0.2, 0.25) is 0 Å². The maximum atomic E-state index is 6.51. The van der Waals surface area contributed by atoms with Crippen molar-refractivity contribution >= 4 is 130 Å². The van der Waals surface area contributed by atoms with Gasteiger partial charge in [-0.25, -0.2) is 15.0 Å². The fourth-order valence-corrected chi connectivity index (χ4v) is 8.92. The molecule has 0 saturated carbocycles. The number of thiophene rings is 2. The van der Waals surface area contributed by atoms with Crippen LogP contribution in [0.3, 0.4) is 0 Å². The monoisotopic (exact) mass is 647 g/mol. The maximum Gasteiger partial charge on any atom is 0.164 e. The van der Waals surface area contributed by atoms with Crippen molar-refractivity contribution in [2.45, 2.75) is 0 Å². The van der Waals surface area contributed by atoms with Crippen molar-refractivity contribution in [3.63, 3.8) is 0 Å². The number of nitrogens with zero attached hydrogens (tertiary/aromatic N) is 3. The zero-order chi connectivity index (χ0) is 33.4. The Hall–Kier alpha value is -4.91. The number of benzene rings is 6. The minimum atomic E-state index is 0.132.